The van der Waals surface area contributed by atoms with Gasteiger partial charge in [0.25, 0.3) is 0 Å². The molecule has 0 aromatic heterocycles. The van der Waals surface area contributed by atoms with Crippen molar-refractivity contribution in [3.8, 4) is 22.6 Å². The lowest BCUT2D eigenvalue weighted by Crippen LogP contribution is -1.84. The summed E-state index contributed by atoms with van der Waals surface area (Å²) in [5.41, 5.74) is 4.91. The van der Waals surface area contributed by atoms with Crippen LogP contribution in [0.25, 0.3) is 11.1 Å². The zero-order chi connectivity index (χ0) is 11.8. The van der Waals surface area contributed by atoms with E-state index in [-0.39, 0.29) is 0 Å². The Morgan fingerprint density at radius 3 is 1.59 bits per heavy atom. The summed E-state index contributed by atoms with van der Waals surface area (Å²) in [5, 5.41) is 0. The van der Waals surface area contributed by atoms with Crippen LogP contribution in [-0.2, 0) is 0 Å². The average molecular weight is 225 g/mol. The summed E-state index contributed by atoms with van der Waals surface area (Å²) in [6.07, 6.45) is 2.16. The molecule has 0 aliphatic heterocycles. The fraction of sp³-hybridized carbons (Fsp3) is 0.133. The second-order valence-corrected chi connectivity index (χ2v) is 4.05. The second kappa shape index (κ2) is 3.81. The van der Waals surface area contributed by atoms with E-state index in [0.29, 0.717) is 0 Å². The molecule has 3 rings (SSSR count). The minimum atomic E-state index is 0.889. The van der Waals surface area contributed by atoms with E-state index in [1.54, 1.807) is 14.2 Å². The number of benzene rings is 2. The van der Waals surface area contributed by atoms with Crippen molar-refractivity contribution in [2.45, 2.75) is 0 Å². The van der Waals surface area contributed by atoms with Crippen LogP contribution in [0.2, 0.25) is 0 Å². The molecule has 1 aliphatic rings. The highest BCUT2D eigenvalue weighted by Crippen LogP contribution is 2.40. The maximum Gasteiger partial charge on any atom is 0.119 e. The van der Waals surface area contributed by atoms with Crippen LogP contribution in [0.15, 0.2) is 36.4 Å². The van der Waals surface area contributed by atoms with Crippen molar-refractivity contribution in [2.24, 2.45) is 0 Å². The van der Waals surface area contributed by atoms with E-state index < -0.39 is 0 Å². The molecule has 1 radical (unpaired) electrons. The lowest BCUT2D eigenvalue weighted by atomic mass is 10.1. The monoisotopic (exact) mass is 225 g/mol. The topological polar surface area (TPSA) is 18.5 Å². The highest BCUT2D eigenvalue weighted by atomic mass is 16.5. The van der Waals surface area contributed by atoms with E-state index in [4.69, 9.17) is 9.47 Å². The first-order valence-corrected chi connectivity index (χ1v) is 5.53. The van der Waals surface area contributed by atoms with Crippen LogP contribution in [0, 0.1) is 6.42 Å². The number of methoxy groups -OCH3 is 2. The van der Waals surface area contributed by atoms with Crippen molar-refractivity contribution in [2.75, 3.05) is 14.2 Å². The first kappa shape index (κ1) is 10.2. The summed E-state index contributed by atoms with van der Waals surface area (Å²) < 4.78 is 10.5. The summed E-state index contributed by atoms with van der Waals surface area (Å²) in [7, 11) is 3.37. The lowest BCUT2D eigenvalue weighted by Gasteiger charge is -2.04. The smallest absolute Gasteiger partial charge is 0.119 e. The normalized spacial score (nSPS) is 11.9. The van der Waals surface area contributed by atoms with Crippen LogP contribution in [0.1, 0.15) is 11.1 Å². The average Bonchev–Trinajstić information content (AvgIpc) is 2.74. The summed E-state index contributed by atoms with van der Waals surface area (Å²) in [5.74, 6) is 1.78. The Hall–Kier alpha value is -1.96. The molecule has 0 unspecified atom stereocenters. The number of fused-ring (bicyclic) bond motifs is 3. The molecule has 0 spiro atoms. The third kappa shape index (κ3) is 1.57. The van der Waals surface area contributed by atoms with Gasteiger partial charge in [-0.15, -0.1) is 0 Å². The predicted octanol–water partition coefficient (Wildman–Crippen LogP) is 3.28. The molecule has 2 heteroatoms. The molecule has 2 aromatic rings. The fourth-order valence-electron chi connectivity index (χ4n) is 2.23. The summed E-state index contributed by atoms with van der Waals surface area (Å²) in [6.45, 7) is 0. The molecular weight excluding hydrogens is 212 g/mol. The predicted molar refractivity (Wildman–Crippen MR) is 67.5 cm³/mol. The first-order chi connectivity index (χ1) is 8.31. The van der Waals surface area contributed by atoms with Gasteiger partial charge in [-0.3, -0.25) is 0 Å². The van der Waals surface area contributed by atoms with Crippen molar-refractivity contribution in [3.05, 3.63) is 53.9 Å². The van der Waals surface area contributed by atoms with Gasteiger partial charge in [0.15, 0.2) is 0 Å². The number of hydrogen-bond donors (Lipinski definition) is 0. The Balaban J connectivity index is 2.10. The Morgan fingerprint density at radius 1 is 0.706 bits per heavy atom. The minimum absolute atomic E-state index is 0.889. The molecule has 0 N–H and O–H groups in total. The SMILES string of the molecule is COc1ccc2c(c1)[CH]c1cc(OC)ccc1-2. The number of rotatable bonds is 2. The Morgan fingerprint density at radius 2 is 1.18 bits per heavy atom. The molecule has 0 heterocycles. The maximum absolute atomic E-state index is 5.24. The summed E-state index contributed by atoms with van der Waals surface area (Å²) >= 11 is 0. The molecule has 2 aromatic carbocycles. The molecule has 0 amide bonds. The van der Waals surface area contributed by atoms with Gasteiger partial charge in [0.2, 0.25) is 0 Å². The Kier molecular flexibility index (Phi) is 2.29. The Labute approximate surface area is 101 Å². The summed E-state index contributed by atoms with van der Waals surface area (Å²) in [4.78, 5) is 0. The second-order valence-electron chi connectivity index (χ2n) is 4.05. The molecule has 0 saturated carbocycles. The van der Waals surface area contributed by atoms with Gasteiger partial charge in [0.1, 0.15) is 11.5 Å². The standard InChI is InChI=1S/C15H13O2/c1-16-12-3-5-14-10(8-12)7-11-9-13(17-2)4-6-15(11)14/h3-9H,1-2H3. The van der Waals surface area contributed by atoms with Crippen molar-refractivity contribution in [3.63, 3.8) is 0 Å². The molecule has 17 heavy (non-hydrogen) atoms. The van der Waals surface area contributed by atoms with Gasteiger partial charge in [-0.05, 0) is 46.5 Å². The third-order valence-electron chi connectivity index (χ3n) is 3.12. The quantitative estimate of drug-likeness (QED) is 0.666. The van der Waals surface area contributed by atoms with Gasteiger partial charge in [0.05, 0.1) is 14.2 Å². The maximum atomic E-state index is 5.24. The zero-order valence-corrected chi connectivity index (χ0v) is 9.86. The number of ether oxygens (including phenoxy) is 2. The van der Waals surface area contributed by atoms with E-state index in [9.17, 15) is 0 Å². The highest BCUT2D eigenvalue weighted by Gasteiger charge is 2.19. The molecule has 85 valence electrons. The molecule has 0 saturated heterocycles. The zero-order valence-electron chi connectivity index (χ0n) is 9.86. The highest BCUT2D eigenvalue weighted by molar-refractivity contribution is 5.82. The van der Waals surface area contributed by atoms with E-state index in [1.165, 1.54) is 22.3 Å². The van der Waals surface area contributed by atoms with Crippen molar-refractivity contribution < 1.29 is 9.47 Å². The van der Waals surface area contributed by atoms with Gasteiger partial charge < -0.3 is 9.47 Å². The van der Waals surface area contributed by atoms with Gasteiger partial charge in [-0.1, -0.05) is 12.1 Å². The molecule has 0 fully saturated rings. The van der Waals surface area contributed by atoms with Crippen LogP contribution >= 0.6 is 0 Å². The van der Waals surface area contributed by atoms with E-state index in [1.807, 2.05) is 12.1 Å². The van der Waals surface area contributed by atoms with E-state index in [0.717, 1.165) is 11.5 Å². The van der Waals surface area contributed by atoms with Crippen molar-refractivity contribution in [1.29, 1.82) is 0 Å². The molecule has 2 nitrogen and oxygen atoms in total. The molecule has 1 aliphatic carbocycles. The van der Waals surface area contributed by atoms with Crippen LogP contribution < -0.4 is 9.47 Å². The molecule has 0 bridgehead atoms. The Bertz CT molecular complexity index is 522. The van der Waals surface area contributed by atoms with Gasteiger partial charge in [-0.2, -0.15) is 0 Å². The van der Waals surface area contributed by atoms with Crippen LogP contribution in [-0.4, -0.2) is 14.2 Å². The van der Waals surface area contributed by atoms with E-state index >= 15 is 0 Å². The third-order valence-corrected chi connectivity index (χ3v) is 3.12. The fourth-order valence-corrected chi connectivity index (χ4v) is 2.23. The van der Waals surface area contributed by atoms with Gasteiger partial charge in [-0.25, -0.2) is 0 Å². The summed E-state index contributed by atoms with van der Waals surface area (Å²) in [6, 6.07) is 12.3. The van der Waals surface area contributed by atoms with Gasteiger partial charge in [0, 0.05) is 6.42 Å². The van der Waals surface area contributed by atoms with E-state index in [2.05, 4.69) is 30.7 Å². The minimum Gasteiger partial charge on any atom is -0.497 e. The van der Waals surface area contributed by atoms with Crippen LogP contribution in [0.3, 0.4) is 0 Å². The first-order valence-electron chi connectivity index (χ1n) is 5.53. The van der Waals surface area contributed by atoms with Gasteiger partial charge >= 0.3 is 0 Å². The van der Waals surface area contributed by atoms with Crippen molar-refractivity contribution in [1.82, 2.24) is 0 Å². The van der Waals surface area contributed by atoms with Crippen molar-refractivity contribution >= 4 is 0 Å². The molecular formula is C15H13O2. The molecule has 0 atom stereocenters. The van der Waals surface area contributed by atoms with Crippen LogP contribution in [0.4, 0.5) is 0 Å². The largest absolute Gasteiger partial charge is 0.497 e. The number of hydrogen-bond acceptors (Lipinski definition) is 2. The lowest BCUT2D eigenvalue weighted by molar-refractivity contribution is 0.414. The van der Waals surface area contributed by atoms with Crippen LogP contribution in [0.5, 0.6) is 11.5 Å².